The number of piperidine rings is 1. The van der Waals surface area contributed by atoms with Gasteiger partial charge in [0.15, 0.2) is 0 Å². The van der Waals surface area contributed by atoms with Gasteiger partial charge in [-0.15, -0.1) is 0 Å². The van der Waals surface area contributed by atoms with E-state index >= 15 is 0 Å². The highest BCUT2D eigenvalue weighted by atomic mass is 15.2. The van der Waals surface area contributed by atoms with Gasteiger partial charge in [-0.05, 0) is 37.8 Å². The summed E-state index contributed by atoms with van der Waals surface area (Å²) in [6.45, 7) is 7.73. The maximum atomic E-state index is 4.39. The molecule has 0 aliphatic carbocycles. The van der Waals surface area contributed by atoms with Crippen molar-refractivity contribution in [2.24, 2.45) is 5.92 Å². The lowest BCUT2D eigenvalue weighted by Gasteiger charge is -2.28. The molecule has 1 aliphatic rings. The van der Waals surface area contributed by atoms with Gasteiger partial charge in [-0.1, -0.05) is 13.8 Å². The van der Waals surface area contributed by atoms with Crippen molar-refractivity contribution in [3.8, 4) is 0 Å². The fourth-order valence-electron chi connectivity index (χ4n) is 2.43. The normalized spacial score (nSPS) is 17.1. The summed E-state index contributed by atoms with van der Waals surface area (Å²) in [7, 11) is 2.13. The zero-order chi connectivity index (χ0) is 13.0. The molecule has 4 heteroatoms. The third kappa shape index (κ3) is 3.42. The van der Waals surface area contributed by atoms with Crippen LogP contribution in [0.2, 0.25) is 0 Å². The number of anilines is 1. The predicted molar refractivity (Wildman–Crippen MR) is 75.0 cm³/mol. The standard InChI is InChI=1S/C14H24N4/c1-11(2)13-8-14(17-10-16-13)18(3)9-12-4-6-15-7-5-12/h8,10-12,15H,4-7,9H2,1-3H3. The third-order valence-corrected chi connectivity index (χ3v) is 3.65. The van der Waals surface area contributed by atoms with E-state index in [0.717, 1.165) is 37.1 Å². The first-order chi connectivity index (χ1) is 8.66. The van der Waals surface area contributed by atoms with Crippen molar-refractivity contribution >= 4 is 5.82 Å². The molecule has 2 rings (SSSR count). The summed E-state index contributed by atoms with van der Waals surface area (Å²) in [5, 5.41) is 3.41. The monoisotopic (exact) mass is 248 g/mol. The summed E-state index contributed by atoms with van der Waals surface area (Å²) in [5.74, 6) is 2.29. The van der Waals surface area contributed by atoms with E-state index < -0.39 is 0 Å². The SMILES string of the molecule is CC(C)c1cc(N(C)CC2CCNCC2)ncn1. The Bertz CT molecular complexity index is 372. The van der Waals surface area contributed by atoms with Gasteiger partial charge in [0.1, 0.15) is 12.1 Å². The van der Waals surface area contributed by atoms with Crippen LogP contribution in [0.1, 0.15) is 38.3 Å². The van der Waals surface area contributed by atoms with Crippen LogP contribution < -0.4 is 10.2 Å². The van der Waals surface area contributed by atoms with Crippen molar-refractivity contribution in [1.29, 1.82) is 0 Å². The van der Waals surface area contributed by atoms with Crippen LogP contribution in [0.3, 0.4) is 0 Å². The largest absolute Gasteiger partial charge is 0.359 e. The Morgan fingerprint density at radius 1 is 1.33 bits per heavy atom. The van der Waals surface area contributed by atoms with Gasteiger partial charge in [0.2, 0.25) is 0 Å². The van der Waals surface area contributed by atoms with Crippen LogP contribution in [0.5, 0.6) is 0 Å². The van der Waals surface area contributed by atoms with Crippen molar-refractivity contribution in [3.05, 3.63) is 18.1 Å². The Kier molecular flexibility index (Phi) is 4.53. The second kappa shape index (κ2) is 6.14. The number of nitrogens with zero attached hydrogens (tertiary/aromatic N) is 3. The fraction of sp³-hybridized carbons (Fsp3) is 0.714. The number of nitrogens with one attached hydrogen (secondary N) is 1. The summed E-state index contributed by atoms with van der Waals surface area (Å²) < 4.78 is 0. The summed E-state index contributed by atoms with van der Waals surface area (Å²) in [6.07, 6.45) is 4.22. The zero-order valence-corrected chi connectivity index (χ0v) is 11.7. The molecule has 2 heterocycles. The number of rotatable bonds is 4. The second-order valence-electron chi connectivity index (χ2n) is 5.53. The minimum absolute atomic E-state index is 0.457. The molecule has 18 heavy (non-hydrogen) atoms. The zero-order valence-electron chi connectivity index (χ0n) is 11.7. The van der Waals surface area contributed by atoms with Gasteiger partial charge in [-0.2, -0.15) is 0 Å². The first-order valence-electron chi connectivity index (χ1n) is 6.90. The van der Waals surface area contributed by atoms with Crippen LogP contribution in [-0.4, -0.2) is 36.6 Å². The minimum Gasteiger partial charge on any atom is -0.359 e. The van der Waals surface area contributed by atoms with Crippen molar-refractivity contribution < 1.29 is 0 Å². The van der Waals surface area contributed by atoms with Gasteiger partial charge < -0.3 is 10.2 Å². The highest BCUT2D eigenvalue weighted by Crippen LogP contribution is 2.19. The molecule has 1 saturated heterocycles. The molecule has 100 valence electrons. The Hall–Kier alpha value is -1.16. The van der Waals surface area contributed by atoms with E-state index in [-0.39, 0.29) is 0 Å². The number of aromatic nitrogens is 2. The molecule has 0 atom stereocenters. The fourth-order valence-corrected chi connectivity index (χ4v) is 2.43. The van der Waals surface area contributed by atoms with Crippen molar-refractivity contribution in [2.45, 2.75) is 32.6 Å². The van der Waals surface area contributed by atoms with E-state index in [9.17, 15) is 0 Å². The summed E-state index contributed by atoms with van der Waals surface area (Å²) in [6, 6.07) is 2.12. The van der Waals surface area contributed by atoms with Crippen LogP contribution in [0, 0.1) is 5.92 Å². The summed E-state index contributed by atoms with van der Waals surface area (Å²) >= 11 is 0. The Morgan fingerprint density at radius 3 is 2.72 bits per heavy atom. The van der Waals surface area contributed by atoms with E-state index in [1.54, 1.807) is 6.33 Å². The molecule has 0 unspecified atom stereocenters. The Labute approximate surface area is 110 Å². The molecule has 1 aromatic heterocycles. The molecule has 4 nitrogen and oxygen atoms in total. The lowest BCUT2D eigenvalue weighted by Crippen LogP contribution is -2.34. The first kappa shape index (κ1) is 13.3. The molecule has 0 saturated carbocycles. The van der Waals surface area contributed by atoms with E-state index in [0.29, 0.717) is 5.92 Å². The molecule has 0 aromatic carbocycles. The summed E-state index contributed by atoms with van der Waals surface area (Å²) in [5.41, 5.74) is 1.12. The Morgan fingerprint density at radius 2 is 2.06 bits per heavy atom. The van der Waals surface area contributed by atoms with Crippen LogP contribution in [0.25, 0.3) is 0 Å². The molecular weight excluding hydrogens is 224 g/mol. The molecule has 1 aliphatic heterocycles. The highest BCUT2D eigenvalue weighted by molar-refractivity contribution is 5.38. The predicted octanol–water partition coefficient (Wildman–Crippen LogP) is 2.04. The molecular formula is C14H24N4. The van der Waals surface area contributed by atoms with Crippen LogP contribution in [0.4, 0.5) is 5.82 Å². The van der Waals surface area contributed by atoms with E-state index in [2.05, 4.69) is 47.1 Å². The van der Waals surface area contributed by atoms with E-state index in [1.807, 2.05) is 0 Å². The molecule has 1 N–H and O–H groups in total. The highest BCUT2D eigenvalue weighted by Gasteiger charge is 2.16. The van der Waals surface area contributed by atoms with Crippen LogP contribution >= 0.6 is 0 Å². The molecule has 0 bridgehead atoms. The van der Waals surface area contributed by atoms with E-state index in [1.165, 1.54) is 12.8 Å². The second-order valence-corrected chi connectivity index (χ2v) is 5.53. The Balaban J connectivity index is 1.99. The van der Waals surface area contributed by atoms with Gasteiger partial charge in [-0.3, -0.25) is 0 Å². The van der Waals surface area contributed by atoms with Gasteiger partial charge in [-0.25, -0.2) is 9.97 Å². The van der Waals surface area contributed by atoms with Crippen molar-refractivity contribution in [2.75, 3.05) is 31.6 Å². The average Bonchev–Trinajstić information content (AvgIpc) is 2.40. The van der Waals surface area contributed by atoms with Gasteiger partial charge in [0.25, 0.3) is 0 Å². The van der Waals surface area contributed by atoms with Gasteiger partial charge in [0, 0.05) is 25.4 Å². The maximum absolute atomic E-state index is 4.39. The molecule has 0 radical (unpaired) electrons. The maximum Gasteiger partial charge on any atom is 0.131 e. The van der Waals surface area contributed by atoms with Crippen molar-refractivity contribution in [1.82, 2.24) is 15.3 Å². The molecule has 1 fully saturated rings. The summed E-state index contributed by atoms with van der Waals surface area (Å²) in [4.78, 5) is 11.0. The lowest BCUT2D eigenvalue weighted by atomic mass is 9.98. The van der Waals surface area contributed by atoms with Crippen LogP contribution in [-0.2, 0) is 0 Å². The number of hydrogen-bond acceptors (Lipinski definition) is 4. The average molecular weight is 248 g/mol. The quantitative estimate of drug-likeness (QED) is 0.885. The molecule has 1 aromatic rings. The third-order valence-electron chi connectivity index (χ3n) is 3.65. The van der Waals surface area contributed by atoms with Crippen LogP contribution in [0.15, 0.2) is 12.4 Å². The smallest absolute Gasteiger partial charge is 0.131 e. The van der Waals surface area contributed by atoms with E-state index in [4.69, 9.17) is 0 Å². The topological polar surface area (TPSA) is 41.0 Å². The number of hydrogen-bond donors (Lipinski definition) is 1. The van der Waals surface area contributed by atoms with Gasteiger partial charge >= 0.3 is 0 Å². The first-order valence-corrected chi connectivity index (χ1v) is 6.90. The van der Waals surface area contributed by atoms with Gasteiger partial charge in [0.05, 0.1) is 0 Å². The van der Waals surface area contributed by atoms with Crippen molar-refractivity contribution in [3.63, 3.8) is 0 Å². The molecule has 0 amide bonds. The molecule has 0 spiro atoms. The minimum atomic E-state index is 0.457. The lowest BCUT2D eigenvalue weighted by molar-refractivity contribution is 0.377.